The molecular weight excluding hydrogens is 292 g/mol. The van der Waals surface area contributed by atoms with Crippen LogP contribution in [0.2, 0.25) is 0 Å². The highest BCUT2D eigenvalue weighted by Gasteiger charge is 2.17. The smallest absolute Gasteiger partial charge is 0.179 e. The molecule has 1 aromatic carbocycles. The van der Waals surface area contributed by atoms with Gasteiger partial charge in [0, 0.05) is 18.3 Å². The highest BCUT2D eigenvalue weighted by atomic mass is 32.2. The molecule has 0 aliphatic carbocycles. The maximum atomic E-state index is 12.2. The van der Waals surface area contributed by atoms with E-state index in [2.05, 4.69) is 6.92 Å². The molecule has 1 rings (SSSR count). The average Bonchev–Trinajstić information content (AvgIpc) is 2.45. The first-order valence-electron chi connectivity index (χ1n) is 6.33. The lowest BCUT2D eigenvalue weighted by Gasteiger charge is -2.23. The van der Waals surface area contributed by atoms with Gasteiger partial charge in [0.1, 0.15) is 0 Å². The molecule has 0 saturated heterocycles. The quantitative estimate of drug-likeness (QED) is 0.771. The molecule has 0 amide bonds. The van der Waals surface area contributed by atoms with E-state index in [1.807, 2.05) is 24.3 Å². The molecule has 0 radical (unpaired) electrons. The van der Waals surface area contributed by atoms with Gasteiger partial charge in [0.25, 0.3) is 0 Å². The van der Waals surface area contributed by atoms with E-state index in [1.54, 1.807) is 30.0 Å². The molecule has 0 aliphatic heterocycles. The fourth-order valence-electron chi connectivity index (χ4n) is 1.73. The third-order valence-corrected chi connectivity index (χ3v) is 5.70. The summed E-state index contributed by atoms with van der Waals surface area (Å²) in [6.45, 7) is 2.57. The summed E-state index contributed by atoms with van der Waals surface area (Å²) in [4.78, 5) is 2.27. The van der Waals surface area contributed by atoms with Crippen LogP contribution in [0.4, 0.5) is 0 Å². The van der Waals surface area contributed by atoms with Crippen molar-refractivity contribution in [1.29, 1.82) is 5.26 Å². The van der Waals surface area contributed by atoms with Crippen LogP contribution in [0, 0.1) is 11.3 Å². The normalized spacial score (nSPS) is 13.2. The molecule has 0 saturated carbocycles. The highest BCUT2D eigenvalue weighted by Crippen LogP contribution is 2.13. The van der Waals surface area contributed by atoms with Crippen molar-refractivity contribution in [1.82, 2.24) is 4.90 Å². The van der Waals surface area contributed by atoms with E-state index in [4.69, 9.17) is 5.26 Å². The first kappa shape index (κ1) is 17.0. The second-order valence-corrected chi connectivity index (χ2v) is 7.76. The Morgan fingerprint density at radius 1 is 1.45 bits per heavy atom. The van der Waals surface area contributed by atoms with Gasteiger partial charge in [0.05, 0.1) is 22.3 Å². The van der Waals surface area contributed by atoms with Crippen LogP contribution in [-0.4, -0.2) is 50.7 Å². The van der Waals surface area contributed by atoms with Crippen LogP contribution in [0.25, 0.3) is 0 Å². The number of nitrogens with zero attached hydrogens (tertiary/aromatic N) is 2. The van der Waals surface area contributed by atoms with Gasteiger partial charge in [-0.2, -0.15) is 17.0 Å². The van der Waals surface area contributed by atoms with Crippen LogP contribution in [0.3, 0.4) is 0 Å². The van der Waals surface area contributed by atoms with Crippen LogP contribution >= 0.6 is 11.8 Å². The highest BCUT2D eigenvalue weighted by molar-refractivity contribution is 7.98. The standard InChI is InChI=1S/C14H20N2O2S2/c1-12(11-19-3)16(2)7-8-20(17,18)14-6-4-5-13(9-14)10-15/h4-6,9,12H,7-8,11H2,1-3H3. The van der Waals surface area contributed by atoms with Crippen molar-refractivity contribution < 1.29 is 8.42 Å². The molecule has 1 atom stereocenters. The lowest BCUT2D eigenvalue weighted by Crippen LogP contribution is -2.34. The largest absolute Gasteiger partial charge is 0.302 e. The summed E-state index contributed by atoms with van der Waals surface area (Å²) in [5.41, 5.74) is 0.371. The van der Waals surface area contributed by atoms with Gasteiger partial charge in [0.15, 0.2) is 9.84 Å². The Hall–Kier alpha value is -1.03. The van der Waals surface area contributed by atoms with Crippen molar-refractivity contribution in [2.24, 2.45) is 0 Å². The number of hydrogen-bond donors (Lipinski definition) is 0. The van der Waals surface area contributed by atoms with Crippen molar-refractivity contribution in [2.45, 2.75) is 17.9 Å². The van der Waals surface area contributed by atoms with Crippen molar-refractivity contribution >= 4 is 21.6 Å². The molecule has 0 N–H and O–H groups in total. The fraction of sp³-hybridized carbons (Fsp3) is 0.500. The molecule has 0 spiro atoms. The van der Waals surface area contributed by atoms with E-state index in [9.17, 15) is 8.42 Å². The summed E-state index contributed by atoms with van der Waals surface area (Å²) in [5.74, 6) is 1.04. The zero-order valence-electron chi connectivity index (χ0n) is 12.0. The predicted octanol–water partition coefficient (Wildman–Crippen LogP) is 2.02. The minimum atomic E-state index is -3.34. The maximum Gasteiger partial charge on any atom is 0.179 e. The molecule has 0 bridgehead atoms. The van der Waals surface area contributed by atoms with Gasteiger partial charge < -0.3 is 4.90 Å². The SMILES string of the molecule is CSCC(C)N(C)CCS(=O)(=O)c1cccc(C#N)c1. The third-order valence-electron chi connectivity index (χ3n) is 3.20. The van der Waals surface area contributed by atoms with Crippen LogP contribution in [0.5, 0.6) is 0 Å². The van der Waals surface area contributed by atoms with E-state index in [0.717, 1.165) is 5.75 Å². The molecule has 4 nitrogen and oxygen atoms in total. The number of sulfone groups is 1. The predicted molar refractivity (Wildman–Crippen MR) is 83.7 cm³/mol. The summed E-state index contributed by atoms with van der Waals surface area (Å²) in [6, 6.07) is 8.48. The monoisotopic (exact) mass is 312 g/mol. The maximum absolute atomic E-state index is 12.2. The number of thioether (sulfide) groups is 1. The van der Waals surface area contributed by atoms with Crippen molar-refractivity contribution in [3.63, 3.8) is 0 Å². The van der Waals surface area contributed by atoms with E-state index in [1.165, 1.54) is 6.07 Å². The van der Waals surface area contributed by atoms with Crippen LogP contribution < -0.4 is 0 Å². The Balaban J connectivity index is 2.73. The molecule has 0 aromatic heterocycles. The van der Waals surface area contributed by atoms with Crippen LogP contribution in [0.1, 0.15) is 12.5 Å². The van der Waals surface area contributed by atoms with Crippen molar-refractivity contribution in [3.05, 3.63) is 29.8 Å². The number of benzene rings is 1. The second kappa shape index (κ2) is 7.67. The molecule has 0 fully saturated rings. The minimum absolute atomic E-state index is 0.0666. The topological polar surface area (TPSA) is 61.2 Å². The Morgan fingerprint density at radius 3 is 2.75 bits per heavy atom. The van der Waals surface area contributed by atoms with Crippen LogP contribution in [-0.2, 0) is 9.84 Å². The van der Waals surface area contributed by atoms with E-state index in [0.29, 0.717) is 18.2 Å². The van der Waals surface area contributed by atoms with Gasteiger partial charge in [-0.3, -0.25) is 0 Å². The van der Waals surface area contributed by atoms with E-state index >= 15 is 0 Å². The Bertz CT molecular complexity index is 579. The molecule has 1 aromatic rings. The van der Waals surface area contributed by atoms with Crippen molar-refractivity contribution in [3.8, 4) is 6.07 Å². The molecule has 20 heavy (non-hydrogen) atoms. The first-order chi connectivity index (χ1) is 9.40. The average molecular weight is 312 g/mol. The molecule has 0 aliphatic rings. The lowest BCUT2D eigenvalue weighted by molar-refractivity contribution is 0.294. The summed E-state index contributed by atoms with van der Waals surface area (Å²) in [5, 5.41) is 8.82. The first-order valence-corrected chi connectivity index (χ1v) is 9.37. The third kappa shape index (κ3) is 4.82. The summed E-state index contributed by atoms with van der Waals surface area (Å²) >= 11 is 1.75. The molecule has 1 unspecified atom stereocenters. The second-order valence-electron chi connectivity index (χ2n) is 4.74. The number of hydrogen-bond acceptors (Lipinski definition) is 5. The Morgan fingerprint density at radius 2 is 2.15 bits per heavy atom. The Kier molecular flexibility index (Phi) is 6.53. The zero-order chi connectivity index (χ0) is 15.2. The zero-order valence-corrected chi connectivity index (χ0v) is 13.7. The van der Waals surface area contributed by atoms with Gasteiger partial charge in [-0.15, -0.1) is 0 Å². The van der Waals surface area contributed by atoms with Gasteiger partial charge in [-0.05, 0) is 38.4 Å². The van der Waals surface area contributed by atoms with Gasteiger partial charge >= 0.3 is 0 Å². The van der Waals surface area contributed by atoms with Crippen molar-refractivity contribution in [2.75, 3.05) is 31.4 Å². The summed E-state index contributed by atoms with van der Waals surface area (Å²) < 4.78 is 24.5. The van der Waals surface area contributed by atoms with Gasteiger partial charge in [0.2, 0.25) is 0 Å². The molecule has 6 heteroatoms. The molecule has 110 valence electrons. The summed E-state index contributed by atoms with van der Waals surface area (Å²) in [7, 11) is -1.40. The van der Waals surface area contributed by atoms with Crippen LogP contribution in [0.15, 0.2) is 29.2 Å². The molecular formula is C14H20N2O2S2. The lowest BCUT2D eigenvalue weighted by atomic mass is 10.2. The number of rotatable bonds is 7. The minimum Gasteiger partial charge on any atom is -0.302 e. The van der Waals surface area contributed by atoms with Gasteiger partial charge in [-0.1, -0.05) is 6.07 Å². The number of nitriles is 1. The van der Waals surface area contributed by atoms with E-state index < -0.39 is 9.84 Å². The fourth-order valence-corrected chi connectivity index (χ4v) is 3.82. The molecule has 0 heterocycles. The van der Waals surface area contributed by atoms with Gasteiger partial charge in [-0.25, -0.2) is 8.42 Å². The van der Waals surface area contributed by atoms with E-state index in [-0.39, 0.29) is 10.6 Å². The Labute approximate surface area is 125 Å². The summed E-state index contributed by atoms with van der Waals surface area (Å²) in [6.07, 6.45) is 2.04.